The van der Waals surface area contributed by atoms with Gasteiger partial charge >= 0.3 is 0 Å². The molecule has 4 amide bonds. The van der Waals surface area contributed by atoms with Crippen LogP contribution in [0.1, 0.15) is 36.6 Å². The van der Waals surface area contributed by atoms with Crippen LogP contribution in [0.2, 0.25) is 0 Å². The Hall–Kier alpha value is -4.56. The maximum atomic E-state index is 13.7. The average Bonchev–Trinajstić information content (AvgIpc) is 3.43. The van der Waals surface area contributed by atoms with Crippen LogP contribution in [0.4, 0.5) is 5.00 Å². The van der Waals surface area contributed by atoms with Crippen LogP contribution in [0.3, 0.4) is 0 Å². The molecule has 3 aromatic carbocycles. The van der Waals surface area contributed by atoms with E-state index in [1.54, 1.807) is 30.3 Å². The van der Waals surface area contributed by atoms with E-state index in [4.69, 9.17) is 5.73 Å². The number of carbonyl (C=O) groups excluding carboxylic acids is 4. The molecule has 5 rings (SSSR count). The summed E-state index contributed by atoms with van der Waals surface area (Å²) in [4.78, 5) is 54.0. The molecule has 0 spiro atoms. The minimum absolute atomic E-state index is 0.112. The summed E-state index contributed by atoms with van der Waals surface area (Å²) in [6, 6.07) is 25.5. The van der Waals surface area contributed by atoms with Crippen molar-refractivity contribution in [2.24, 2.45) is 5.73 Å². The lowest BCUT2D eigenvalue weighted by molar-refractivity contribution is -0.119. The third kappa shape index (κ3) is 4.30. The largest absolute Gasteiger partial charge is 0.366 e. The van der Waals surface area contributed by atoms with Gasteiger partial charge in [-0.3, -0.25) is 24.1 Å². The number of amides is 4. The molecule has 7 nitrogen and oxygen atoms in total. The summed E-state index contributed by atoms with van der Waals surface area (Å²) in [7, 11) is 0. The second-order valence-corrected chi connectivity index (χ2v) is 9.36. The Bertz CT molecular complexity index is 1450. The summed E-state index contributed by atoms with van der Waals surface area (Å²) in [6.07, 6.45) is 0.112. The van der Waals surface area contributed by atoms with Gasteiger partial charge in [-0.1, -0.05) is 72.8 Å². The minimum Gasteiger partial charge on any atom is -0.366 e. The van der Waals surface area contributed by atoms with Crippen LogP contribution in [-0.2, 0) is 11.2 Å². The predicted molar refractivity (Wildman–Crippen MR) is 138 cm³/mol. The normalized spacial score (nSPS) is 13.4. The summed E-state index contributed by atoms with van der Waals surface area (Å²) < 4.78 is 0. The van der Waals surface area contributed by atoms with Gasteiger partial charge in [0.15, 0.2) is 0 Å². The number of hydrogen-bond donors (Lipinski definition) is 2. The second-order valence-electron chi connectivity index (χ2n) is 8.30. The van der Waals surface area contributed by atoms with Gasteiger partial charge in [-0.15, -0.1) is 11.3 Å². The molecule has 0 saturated heterocycles. The van der Waals surface area contributed by atoms with Crippen molar-refractivity contribution >= 4 is 40.0 Å². The van der Waals surface area contributed by atoms with E-state index in [0.717, 1.165) is 20.9 Å². The van der Waals surface area contributed by atoms with Gasteiger partial charge in [0.2, 0.25) is 5.91 Å². The molecule has 8 heteroatoms. The molecule has 1 atom stereocenters. The number of thiophene rings is 1. The van der Waals surface area contributed by atoms with Gasteiger partial charge in [-0.05, 0) is 29.3 Å². The van der Waals surface area contributed by atoms with E-state index < -0.39 is 29.7 Å². The van der Waals surface area contributed by atoms with Crippen LogP contribution < -0.4 is 11.1 Å². The van der Waals surface area contributed by atoms with Crippen molar-refractivity contribution in [3.05, 3.63) is 113 Å². The van der Waals surface area contributed by atoms with Gasteiger partial charge in [0, 0.05) is 11.3 Å². The third-order valence-corrected chi connectivity index (χ3v) is 7.10. The molecule has 36 heavy (non-hydrogen) atoms. The lowest BCUT2D eigenvalue weighted by atomic mass is 10.0. The zero-order valence-corrected chi connectivity index (χ0v) is 19.8. The van der Waals surface area contributed by atoms with Crippen molar-refractivity contribution in [1.29, 1.82) is 0 Å². The third-order valence-electron chi connectivity index (χ3n) is 6.00. The molecule has 1 aromatic heterocycles. The van der Waals surface area contributed by atoms with Gasteiger partial charge in [0.1, 0.15) is 11.0 Å². The van der Waals surface area contributed by atoms with Crippen LogP contribution in [-0.4, -0.2) is 34.6 Å². The number of benzene rings is 3. The van der Waals surface area contributed by atoms with E-state index >= 15 is 0 Å². The summed E-state index contributed by atoms with van der Waals surface area (Å²) >= 11 is 1.20. The van der Waals surface area contributed by atoms with Gasteiger partial charge in [0.05, 0.1) is 16.7 Å². The number of primary amides is 1. The van der Waals surface area contributed by atoms with Crippen LogP contribution in [0, 0.1) is 0 Å². The second kappa shape index (κ2) is 9.59. The SMILES string of the molecule is NC(=O)c1cc(-c2ccccc2)sc1NC(=O)[C@H](Cc1ccccc1)N1C(=O)c2ccccc2C1=O. The van der Waals surface area contributed by atoms with Crippen molar-refractivity contribution in [2.75, 3.05) is 5.32 Å². The highest BCUT2D eigenvalue weighted by molar-refractivity contribution is 7.20. The zero-order valence-electron chi connectivity index (χ0n) is 19.0. The molecule has 4 aromatic rings. The number of anilines is 1. The average molecular weight is 496 g/mol. The molecule has 178 valence electrons. The number of nitrogens with one attached hydrogen (secondary N) is 1. The van der Waals surface area contributed by atoms with Gasteiger partial charge in [-0.2, -0.15) is 0 Å². The molecule has 0 fully saturated rings. The number of nitrogens with two attached hydrogens (primary N) is 1. The van der Waals surface area contributed by atoms with Crippen LogP contribution >= 0.6 is 11.3 Å². The number of nitrogens with zero attached hydrogens (tertiary/aromatic N) is 1. The van der Waals surface area contributed by atoms with Crippen molar-refractivity contribution in [3.63, 3.8) is 0 Å². The first kappa shape index (κ1) is 23.2. The van der Waals surface area contributed by atoms with E-state index in [2.05, 4.69) is 5.32 Å². The first-order chi connectivity index (χ1) is 17.4. The van der Waals surface area contributed by atoms with E-state index in [0.29, 0.717) is 0 Å². The summed E-state index contributed by atoms with van der Waals surface area (Å²) in [5.74, 6) is -2.34. The number of imide groups is 1. The quantitative estimate of drug-likeness (QED) is 0.371. The monoisotopic (exact) mass is 495 g/mol. The molecule has 3 N–H and O–H groups in total. The Balaban J connectivity index is 1.51. The van der Waals surface area contributed by atoms with Crippen LogP contribution in [0.15, 0.2) is 91.0 Å². The van der Waals surface area contributed by atoms with Gasteiger partial charge in [-0.25, -0.2) is 0 Å². The van der Waals surface area contributed by atoms with Crippen molar-refractivity contribution in [3.8, 4) is 10.4 Å². The first-order valence-electron chi connectivity index (χ1n) is 11.2. The molecule has 2 heterocycles. The Morgan fingerprint density at radius 2 is 1.39 bits per heavy atom. The van der Waals surface area contributed by atoms with Crippen molar-refractivity contribution < 1.29 is 19.2 Å². The highest BCUT2D eigenvalue weighted by Gasteiger charge is 2.43. The highest BCUT2D eigenvalue weighted by atomic mass is 32.1. The maximum absolute atomic E-state index is 13.7. The summed E-state index contributed by atoms with van der Waals surface area (Å²) in [5, 5.41) is 3.04. The number of fused-ring (bicyclic) bond motifs is 1. The van der Waals surface area contributed by atoms with Gasteiger partial charge in [0.25, 0.3) is 17.7 Å². The fraction of sp³-hybridized carbons (Fsp3) is 0.0714. The molecule has 1 aliphatic rings. The van der Waals surface area contributed by atoms with E-state index in [1.807, 2.05) is 60.7 Å². The number of carbonyl (C=O) groups is 4. The summed E-state index contributed by atoms with van der Waals surface area (Å²) in [6.45, 7) is 0. The Morgan fingerprint density at radius 1 is 0.833 bits per heavy atom. The van der Waals surface area contributed by atoms with Crippen molar-refractivity contribution in [2.45, 2.75) is 12.5 Å². The smallest absolute Gasteiger partial charge is 0.262 e. The Labute approximate surface area is 211 Å². The van der Waals surface area contributed by atoms with E-state index in [1.165, 1.54) is 11.3 Å². The molecular formula is C28H21N3O4S. The number of hydrogen-bond acceptors (Lipinski definition) is 5. The standard InChI is InChI=1S/C28H21N3O4S/c29-24(32)21-16-23(18-11-5-2-6-12-18)36-26(21)30-25(33)22(15-17-9-3-1-4-10-17)31-27(34)19-13-7-8-14-20(19)28(31)35/h1-14,16,22H,15H2,(H2,29,32)(H,30,33)/t22-/m0/s1. The fourth-order valence-corrected chi connectivity index (χ4v) is 5.31. The predicted octanol–water partition coefficient (Wildman–Crippen LogP) is 4.36. The fourth-order valence-electron chi connectivity index (χ4n) is 4.24. The molecule has 1 aliphatic heterocycles. The highest BCUT2D eigenvalue weighted by Crippen LogP contribution is 2.36. The Kier molecular flexibility index (Phi) is 6.18. The van der Waals surface area contributed by atoms with E-state index in [9.17, 15) is 19.2 Å². The first-order valence-corrected chi connectivity index (χ1v) is 12.1. The molecule has 0 saturated carbocycles. The van der Waals surface area contributed by atoms with Crippen LogP contribution in [0.25, 0.3) is 10.4 Å². The lowest BCUT2D eigenvalue weighted by Crippen LogP contribution is -2.48. The Morgan fingerprint density at radius 3 is 1.97 bits per heavy atom. The van der Waals surface area contributed by atoms with Crippen molar-refractivity contribution in [1.82, 2.24) is 4.90 Å². The minimum atomic E-state index is -1.14. The number of rotatable bonds is 7. The van der Waals surface area contributed by atoms with E-state index in [-0.39, 0.29) is 28.1 Å². The molecule has 0 bridgehead atoms. The molecule has 0 radical (unpaired) electrons. The maximum Gasteiger partial charge on any atom is 0.262 e. The van der Waals surface area contributed by atoms with Gasteiger partial charge < -0.3 is 11.1 Å². The lowest BCUT2D eigenvalue weighted by Gasteiger charge is -2.25. The zero-order chi connectivity index (χ0) is 25.2. The van der Waals surface area contributed by atoms with Crippen LogP contribution in [0.5, 0.6) is 0 Å². The molecule has 0 unspecified atom stereocenters. The molecule has 0 aliphatic carbocycles. The molecular weight excluding hydrogens is 474 g/mol. The topological polar surface area (TPSA) is 110 Å². The summed E-state index contributed by atoms with van der Waals surface area (Å²) in [5.41, 5.74) is 7.92.